The second kappa shape index (κ2) is 5.18. The first-order valence-electron chi connectivity index (χ1n) is 4.82. The molecular formula is C9H10ClN5S. The van der Waals surface area contributed by atoms with Crippen LogP contribution in [0.5, 0.6) is 0 Å². The lowest BCUT2D eigenvalue weighted by Crippen LogP contribution is -2.02. The summed E-state index contributed by atoms with van der Waals surface area (Å²) >= 11 is 7.03. The van der Waals surface area contributed by atoms with Crippen LogP contribution in [-0.4, -0.2) is 19.3 Å². The first kappa shape index (κ1) is 11.2. The van der Waals surface area contributed by atoms with Crippen molar-refractivity contribution in [3.63, 3.8) is 0 Å². The maximum absolute atomic E-state index is 5.68. The zero-order valence-electron chi connectivity index (χ0n) is 8.64. The Morgan fingerprint density at radius 1 is 1.44 bits per heavy atom. The summed E-state index contributed by atoms with van der Waals surface area (Å²) in [5, 5.41) is 4.19. The van der Waals surface area contributed by atoms with Gasteiger partial charge in [0.2, 0.25) is 10.4 Å². The van der Waals surface area contributed by atoms with E-state index < -0.39 is 0 Å². The van der Waals surface area contributed by atoms with Gasteiger partial charge in [-0.25, -0.2) is 15.0 Å². The van der Waals surface area contributed by atoms with Crippen LogP contribution in [0.4, 0.5) is 5.13 Å². The SMILES string of the molecule is CCc1nsc(NCc2ccnc(Cl)n2)n1. The fourth-order valence-electron chi connectivity index (χ4n) is 1.10. The van der Waals surface area contributed by atoms with Crippen molar-refractivity contribution in [1.82, 2.24) is 19.3 Å². The predicted octanol–water partition coefficient (Wildman–Crippen LogP) is 2.16. The molecule has 0 atom stereocenters. The van der Waals surface area contributed by atoms with E-state index in [-0.39, 0.29) is 5.28 Å². The molecular weight excluding hydrogens is 246 g/mol. The number of hydrogen-bond donors (Lipinski definition) is 1. The lowest BCUT2D eigenvalue weighted by atomic mass is 10.4. The topological polar surface area (TPSA) is 63.6 Å². The number of halogens is 1. The fourth-order valence-corrected chi connectivity index (χ4v) is 1.91. The summed E-state index contributed by atoms with van der Waals surface area (Å²) in [4.78, 5) is 12.2. The third-order valence-corrected chi connectivity index (χ3v) is 2.78. The monoisotopic (exact) mass is 255 g/mol. The molecule has 0 aliphatic carbocycles. The summed E-state index contributed by atoms with van der Waals surface area (Å²) in [5.41, 5.74) is 0.827. The van der Waals surface area contributed by atoms with E-state index in [9.17, 15) is 0 Å². The molecule has 84 valence electrons. The second-order valence-electron chi connectivity index (χ2n) is 3.04. The highest BCUT2D eigenvalue weighted by Gasteiger charge is 2.02. The molecule has 0 saturated carbocycles. The number of aromatic nitrogens is 4. The number of aryl methyl sites for hydroxylation is 1. The molecule has 5 nitrogen and oxygen atoms in total. The van der Waals surface area contributed by atoms with Gasteiger partial charge in [-0.15, -0.1) is 0 Å². The van der Waals surface area contributed by atoms with E-state index in [1.54, 1.807) is 12.3 Å². The molecule has 16 heavy (non-hydrogen) atoms. The van der Waals surface area contributed by atoms with Gasteiger partial charge < -0.3 is 5.32 Å². The third-order valence-electron chi connectivity index (χ3n) is 1.89. The molecule has 7 heteroatoms. The average Bonchev–Trinajstić information content (AvgIpc) is 2.74. The zero-order valence-corrected chi connectivity index (χ0v) is 10.2. The van der Waals surface area contributed by atoms with Gasteiger partial charge in [-0.1, -0.05) is 6.92 Å². The Bertz CT molecular complexity index is 472. The van der Waals surface area contributed by atoms with E-state index in [1.807, 2.05) is 6.92 Å². The predicted molar refractivity (Wildman–Crippen MR) is 63.7 cm³/mol. The average molecular weight is 256 g/mol. The second-order valence-corrected chi connectivity index (χ2v) is 4.13. The lowest BCUT2D eigenvalue weighted by molar-refractivity contribution is 0.976. The van der Waals surface area contributed by atoms with Gasteiger partial charge in [0.15, 0.2) is 0 Å². The van der Waals surface area contributed by atoms with Crippen molar-refractivity contribution in [1.29, 1.82) is 0 Å². The zero-order chi connectivity index (χ0) is 11.4. The summed E-state index contributed by atoms with van der Waals surface area (Å²) in [6.07, 6.45) is 2.47. The Hall–Kier alpha value is -1.27. The molecule has 0 fully saturated rings. The van der Waals surface area contributed by atoms with Gasteiger partial charge in [0.05, 0.1) is 12.2 Å². The van der Waals surface area contributed by atoms with Gasteiger partial charge in [0.25, 0.3) is 0 Å². The third kappa shape index (κ3) is 2.86. The maximum Gasteiger partial charge on any atom is 0.222 e. The van der Waals surface area contributed by atoms with E-state index in [1.165, 1.54) is 11.5 Å². The summed E-state index contributed by atoms with van der Waals surface area (Å²) in [6.45, 7) is 2.59. The number of rotatable bonds is 4. The number of nitrogens with zero attached hydrogens (tertiary/aromatic N) is 4. The smallest absolute Gasteiger partial charge is 0.222 e. The molecule has 0 spiro atoms. The molecule has 0 amide bonds. The molecule has 2 aromatic heterocycles. The molecule has 2 heterocycles. The number of anilines is 1. The van der Waals surface area contributed by atoms with Gasteiger partial charge >= 0.3 is 0 Å². The Balaban J connectivity index is 1.96. The van der Waals surface area contributed by atoms with Crippen LogP contribution in [0, 0.1) is 0 Å². The highest BCUT2D eigenvalue weighted by molar-refractivity contribution is 7.09. The van der Waals surface area contributed by atoms with E-state index in [2.05, 4.69) is 24.6 Å². The number of nitrogens with one attached hydrogen (secondary N) is 1. The van der Waals surface area contributed by atoms with E-state index in [4.69, 9.17) is 11.6 Å². The van der Waals surface area contributed by atoms with Crippen LogP contribution in [0.15, 0.2) is 12.3 Å². The molecule has 2 rings (SSSR count). The van der Waals surface area contributed by atoms with Crippen molar-refractivity contribution in [3.05, 3.63) is 29.1 Å². The molecule has 0 bridgehead atoms. The Labute approximate surface area is 102 Å². The molecule has 0 aliphatic heterocycles. The standard InChI is InChI=1S/C9H10ClN5S/c1-2-7-14-9(16-15-7)12-5-6-3-4-11-8(10)13-6/h3-4H,2,5H2,1H3,(H,12,14,15). The van der Waals surface area contributed by atoms with Crippen molar-refractivity contribution in [3.8, 4) is 0 Å². The summed E-state index contributed by atoms with van der Waals surface area (Å²) in [6, 6.07) is 1.81. The van der Waals surface area contributed by atoms with Crippen LogP contribution in [0.2, 0.25) is 5.28 Å². The van der Waals surface area contributed by atoms with Crippen LogP contribution >= 0.6 is 23.1 Å². The summed E-state index contributed by atoms with van der Waals surface area (Å²) in [5.74, 6) is 0.855. The minimum Gasteiger partial charge on any atom is -0.355 e. The molecule has 1 N–H and O–H groups in total. The fraction of sp³-hybridized carbons (Fsp3) is 0.333. The first-order chi connectivity index (χ1) is 7.78. The highest BCUT2D eigenvalue weighted by atomic mass is 35.5. The molecule has 2 aromatic rings. The normalized spacial score (nSPS) is 10.4. The van der Waals surface area contributed by atoms with Gasteiger partial charge in [-0.05, 0) is 17.7 Å². The van der Waals surface area contributed by atoms with Gasteiger partial charge in [-0.3, -0.25) is 0 Å². The summed E-state index contributed by atoms with van der Waals surface area (Å²) in [7, 11) is 0. The number of hydrogen-bond acceptors (Lipinski definition) is 6. The Morgan fingerprint density at radius 3 is 3.00 bits per heavy atom. The maximum atomic E-state index is 5.68. The van der Waals surface area contributed by atoms with Crippen LogP contribution in [0.1, 0.15) is 18.4 Å². The Morgan fingerprint density at radius 2 is 2.31 bits per heavy atom. The van der Waals surface area contributed by atoms with Crippen molar-refractivity contribution >= 4 is 28.3 Å². The Kier molecular flexibility index (Phi) is 3.63. The quantitative estimate of drug-likeness (QED) is 0.849. The van der Waals surface area contributed by atoms with E-state index >= 15 is 0 Å². The van der Waals surface area contributed by atoms with Crippen molar-refractivity contribution < 1.29 is 0 Å². The molecule has 0 saturated heterocycles. The minimum atomic E-state index is 0.255. The van der Waals surface area contributed by atoms with Gasteiger partial charge in [-0.2, -0.15) is 4.37 Å². The van der Waals surface area contributed by atoms with Crippen LogP contribution < -0.4 is 5.32 Å². The van der Waals surface area contributed by atoms with Crippen molar-refractivity contribution in [2.45, 2.75) is 19.9 Å². The van der Waals surface area contributed by atoms with E-state index in [0.717, 1.165) is 23.1 Å². The van der Waals surface area contributed by atoms with Crippen LogP contribution in [0.25, 0.3) is 0 Å². The van der Waals surface area contributed by atoms with Gasteiger partial charge in [0, 0.05) is 24.2 Å². The first-order valence-corrected chi connectivity index (χ1v) is 5.97. The largest absolute Gasteiger partial charge is 0.355 e. The van der Waals surface area contributed by atoms with Crippen molar-refractivity contribution in [2.75, 3.05) is 5.32 Å². The molecule has 0 radical (unpaired) electrons. The van der Waals surface area contributed by atoms with Crippen molar-refractivity contribution in [2.24, 2.45) is 0 Å². The minimum absolute atomic E-state index is 0.255. The molecule has 0 aliphatic rings. The lowest BCUT2D eigenvalue weighted by Gasteiger charge is -2.00. The van der Waals surface area contributed by atoms with E-state index in [0.29, 0.717) is 6.54 Å². The molecule has 0 aromatic carbocycles. The van der Waals surface area contributed by atoms with Crippen LogP contribution in [-0.2, 0) is 13.0 Å². The molecule has 0 unspecified atom stereocenters. The van der Waals surface area contributed by atoms with Crippen LogP contribution in [0.3, 0.4) is 0 Å². The summed E-state index contributed by atoms with van der Waals surface area (Å²) < 4.78 is 4.17. The highest BCUT2D eigenvalue weighted by Crippen LogP contribution is 2.12. The van der Waals surface area contributed by atoms with Gasteiger partial charge in [0.1, 0.15) is 5.82 Å².